The maximum absolute atomic E-state index is 5.86. The molecule has 0 aliphatic heterocycles. The Kier molecular flexibility index (Phi) is 4.19. The highest BCUT2D eigenvalue weighted by molar-refractivity contribution is 6.30. The van der Waals surface area contributed by atoms with E-state index in [0.29, 0.717) is 17.4 Å². The van der Waals surface area contributed by atoms with Crippen LogP contribution in [0.1, 0.15) is 24.0 Å². The summed E-state index contributed by atoms with van der Waals surface area (Å²) in [5.41, 5.74) is 2.45. The van der Waals surface area contributed by atoms with Gasteiger partial charge in [-0.05, 0) is 24.0 Å². The quantitative estimate of drug-likeness (QED) is 0.882. The summed E-state index contributed by atoms with van der Waals surface area (Å²) < 4.78 is 5.66. The lowest BCUT2D eigenvalue weighted by Crippen LogP contribution is -2.15. The summed E-state index contributed by atoms with van der Waals surface area (Å²) in [5.74, 6) is 0.692. The predicted molar refractivity (Wildman–Crippen MR) is 79.9 cm³/mol. The van der Waals surface area contributed by atoms with Gasteiger partial charge in [-0.2, -0.15) is 0 Å². The summed E-state index contributed by atoms with van der Waals surface area (Å²) >= 11 is 5.86. The monoisotopic (exact) mass is 288 g/mol. The van der Waals surface area contributed by atoms with Crippen LogP contribution in [0.5, 0.6) is 5.75 Å². The van der Waals surface area contributed by atoms with Crippen molar-refractivity contribution < 1.29 is 4.74 Å². The third-order valence-corrected chi connectivity index (χ3v) is 3.49. The number of pyridine rings is 1. The van der Waals surface area contributed by atoms with E-state index in [1.54, 1.807) is 18.5 Å². The Morgan fingerprint density at radius 1 is 1.15 bits per heavy atom. The SMILES string of the molecule is Clc1cncc(OCc2ccc(CNC3CC3)cc2)c1. The van der Waals surface area contributed by atoms with Crippen LogP contribution in [0.3, 0.4) is 0 Å². The highest BCUT2D eigenvalue weighted by Gasteiger charge is 2.19. The lowest BCUT2D eigenvalue weighted by atomic mass is 10.1. The number of ether oxygens (including phenoxy) is 1. The van der Waals surface area contributed by atoms with Gasteiger partial charge in [-0.15, -0.1) is 0 Å². The lowest BCUT2D eigenvalue weighted by Gasteiger charge is -2.07. The van der Waals surface area contributed by atoms with Gasteiger partial charge in [0.25, 0.3) is 0 Å². The minimum atomic E-state index is 0.526. The number of aromatic nitrogens is 1. The number of halogens is 1. The van der Waals surface area contributed by atoms with Crippen molar-refractivity contribution >= 4 is 11.6 Å². The molecular formula is C16H17ClN2O. The van der Waals surface area contributed by atoms with E-state index >= 15 is 0 Å². The molecular weight excluding hydrogens is 272 g/mol. The molecule has 4 heteroatoms. The molecule has 0 atom stereocenters. The molecule has 0 bridgehead atoms. The largest absolute Gasteiger partial charge is 0.487 e. The first-order valence-electron chi connectivity index (χ1n) is 6.84. The fourth-order valence-corrected chi connectivity index (χ4v) is 2.10. The van der Waals surface area contributed by atoms with Crippen molar-refractivity contribution in [2.24, 2.45) is 0 Å². The normalized spacial score (nSPS) is 14.2. The van der Waals surface area contributed by atoms with Crippen molar-refractivity contribution in [3.8, 4) is 5.75 Å². The van der Waals surface area contributed by atoms with Crippen LogP contribution in [0.4, 0.5) is 0 Å². The number of hydrogen-bond donors (Lipinski definition) is 1. The standard InChI is InChI=1S/C16H17ClN2O/c17-14-7-16(10-18-9-14)20-11-13-3-1-12(2-4-13)8-19-15-5-6-15/h1-4,7,9-10,15,19H,5-6,8,11H2. The predicted octanol–water partition coefficient (Wildman–Crippen LogP) is 3.57. The Hall–Kier alpha value is -1.58. The molecule has 3 nitrogen and oxygen atoms in total. The molecule has 0 saturated heterocycles. The Bertz CT molecular complexity index is 567. The van der Waals surface area contributed by atoms with Crippen LogP contribution < -0.4 is 10.1 Å². The van der Waals surface area contributed by atoms with E-state index < -0.39 is 0 Å². The lowest BCUT2D eigenvalue weighted by molar-refractivity contribution is 0.305. The minimum Gasteiger partial charge on any atom is -0.487 e. The first-order valence-corrected chi connectivity index (χ1v) is 7.22. The third-order valence-electron chi connectivity index (χ3n) is 3.28. The number of benzene rings is 1. The van der Waals surface area contributed by atoms with Crippen LogP contribution in [0.25, 0.3) is 0 Å². The van der Waals surface area contributed by atoms with Gasteiger partial charge in [0.2, 0.25) is 0 Å². The second-order valence-electron chi connectivity index (χ2n) is 5.10. The molecule has 1 aliphatic carbocycles. The number of nitrogens with one attached hydrogen (secondary N) is 1. The van der Waals surface area contributed by atoms with Gasteiger partial charge in [0.15, 0.2) is 0 Å². The highest BCUT2D eigenvalue weighted by atomic mass is 35.5. The van der Waals surface area contributed by atoms with Crippen molar-refractivity contribution in [1.82, 2.24) is 10.3 Å². The Labute approximate surface area is 123 Å². The molecule has 20 heavy (non-hydrogen) atoms. The Morgan fingerprint density at radius 3 is 2.60 bits per heavy atom. The number of nitrogens with zero attached hydrogens (tertiary/aromatic N) is 1. The average molecular weight is 289 g/mol. The van der Waals surface area contributed by atoms with Crippen LogP contribution in [-0.2, 0) is 13.2 Å². The molecule has 1 fully saturated rings. The van der Waals surface area contributed by atoms with Crippen molar-refractivity contribution in [1.29, 1.82) is 0 Å². The van der Waals surface area contributed by atoms with Crippen molar-refractivity contribution in [2.75, 3.05) is 0 Å². The average Bonchev–Trinajstić information content (AvgIpc) is 3.28. The summed E-state index contributed by atoms with van der Waals surface area (Å²) in [5, 5.41) is 4.09. The van der Waals surface area contributed by atoms with Crippen LogP contribution >= 0.6 is 11.6 Å². The van der Waals surface area contributed by atoms with Crippen molar-refractivity contribution in [2.45, 2.75) is 32.0 Å². The van der Waals surface area contributed by atoms with Gasteiger partial charge in [0.1, 0.15) is 12.4 Å². The smallest absolute Gasteiger partial charge is 0.139 e. The molecule has 0 spiro atoms. The summed E-state index contributed by atoms with van der Waals surface area (Å²) in [6, 6.07) is 11.0. The van der Waals surface area contributed by atoms with E-state index in [4.69, 9.17) is 16.3 Å². The van der Waals surface area contributed by atoms with Crippen LogP contribution in [0, 0.1) is 0 Å². The van der Waals surface area contributed by atoms with E-state index in [-0.39, 0.29) is 0 Å². The maximum atomic E-state index is 5.86. The molecule has 1 aromatic heterocycles. The van der Waals surface area contributed by atoms with Gasteiger partial charge in [-0.25, -0.2) is 0 Å². The Balaban J connectivity index is 1.52. The van der Waals surface area contributed by atoms with Gasteiger partial charge >= 0.3 is 0 Å². The highest BCUT2D eigenvalue weighted by Crippen LogP contribution is 2.20. The second kappa shape index (κ2) is 6.25. The van der Waals surface area contributed by atoms with Gasteiger partial charge in [-0.1, -0.05) is 35.9 Å². The molecule has 0 unspecified atom stereocenters. The number of hydrogen-bond acceptors (Lipinski definition) is 3. The molecule has 104 valence electrons. The first-order chi connectivity index (χ1) is 9.79. The molecule has 1 saturated carbocycles. The number of rotatable bonds is 6. The zero-order valence-corrected chi connectivity index (χ0v) is 11.9. The zero-order chi connectivity index (χ0) is 13.8. The topological polar surface area (TPSA) is 34.1 Å². The summed E-state index contributed by atoms with van der Waals surface area (Å²) in [6.45, 7) is 1.47. The fraction of sp³-hybridized carbons (Fsp3) is 0.312. The fourth-order valence-electron chi connectivity index (χ4n) is 1.94. The molecule has 1 N–H and O–H groups in total. The van der Waals surface area contributed by atoms with Gasteiger partial charge in [-0.3, -0.25) is 4.98 Å². The summed E-state index contributed by atoms with van der Waals surface area (Å²) in [4.78, 5) is 3.99. The zero-order valence-electron chi connectivity index (χ0n) is 11.2. The molecule has 1 heterocycles. The van der Waals surface area contributed by atoms with Gasteiger partial charge < -0.3 is 10.1 Å². The van der Waals surface area contributed by atoms with Crippen LogP contribution in [-0.4, -0.2) is 11.0 Å². The van der Waals surface area contributed by atoms with Crippen molar-refractivity contribution in [3.05, 3.63) is 58.9 Å². The molecule has 3 rings (SSSR count). The minimum absolute atomic E-state index is 0.526. The first kappa shape index (κ1) is 13.4. The van der Waals surface area contributed by atoms with Gasteiger partial charge in [0.05, 0.1) is 11.2 Å². The van der Waals surface area contributed by atoms with Crippen LogP contribution in [0.2, 0.25) is 5.02 Å². The van der Waals surface area contributed by atoms with E-state index in [1.807, 2.05) is 0 Å². The van der Waals surface area contributed by atoms with E-state index in [1.165, 1.54) is 18.4 Å². The van der Waals surface area contributed by atoms with E-state index in [0.717, 1.165) is 18.2 Å². The van der Waals surface area contributed by atoms with Crippen LogP contribution in [0.15, 0.2) is 42.7 Å². The summed E-state index contributed by atoms with van der Waals surface area (Å²) in [7, 11) is 0. The van der Waals surface area contributed by atoms with E-state index in [2.05, 4.69) is 34.6 Å². The Morgan fingerprint density at radius 2 is 1.90 bits per heavy atom. The second-order valence-corrected chi connectivity index (χ2v) is 5.54. The summed E-state index contributed by atoms with van der Waals surface area (Å²) in [6.07, 6.45) is 5.90. The van der Waals surface area contributed by atoms with Crippen molar-refractivity contribution in [3.63, 3.8) is 0 Å². The molecule has 1 aromatic carbocycles. The third kappa shape index (κ3) is 3.95. The van der Waals surface area contributed by atoms with Gasteiger partial charge in [0, 0.05) is 24.8 Å². The molecule has 2 aromatic rings. The molecule has 1 aliphatic rings. The van der Waals surface area contributed by atoms with E-state index in [9.17, 15) is 0 Å². The molecule has 0 amide bonds. The maximum Gasteiger partial charge on any atom is 0.139 e. The molecule has 0 radical (unpaired) electrons.